The lowest BCUT2D eigenvalue weighted by molar-refractivity contribution is 0.0589. The second-order valence-electron chi connectivity index (χ2n) is 5.82. The molecule has 0 amide bonds. The van der Waals surface area contributed by atoms with Crippen LogP contribution in [0.3, 0.4) is 0 Å². The van der Waals surface area contributed by atoms with Crippen molar-refractivity contribution in [2.75, 3.05) is 12.0 Å². The topological polar surface area (TPSA) is 29.3 Å². The second-order valence-corrected chi connectivity index (χ2v) is 5.82. The molecule has 1 aromatic carbocycles. The van der Waals surface area contributed by atoms with E-state index in [1.165, 1.54) is 4.90 Å². The van der Waals surface area contributed by atoms with Crippen LogP contribution in [0.5, 0.6) is 0 Å². The Hall–Kier alpha value is -1.72. The number of methoxy groups -OCH3 is 1. The molecule has 1 aliphatic heterocycles. The number of anilines is 1. The fourth-order valence-electron chi connectivity index (χ4n) is 2.55. The van der Waals surface area contributed by atoms with Crippen molar-refractivity contribution in [3.63, 3.8) is 0 Å². The van der Waals surface area contributed by atoms with Crippen molar-refractivity contribution in [2.45, 2.75) is 38.8 Å². The molecule has 1 saturated heterocycles. The van der Waals surface area contributed by atoms with Gasteiger partial charge in [0.15, 0.2) is 11.6 Å². The number of benzene rings is 1. The summed E-state index contributed by atoms with van der Waals surface area (Å²) in [6, 6.07) is 0.509. The predicted molar refractivity (Wildman–Crippen MR) is 68.3 cm³/mol. The Morgan fingerprint density at radius 1 is 1.10 bits per heavy atom. The minimum atomic E-state index is -1.27. The highest BCUT2D eigenvalue weighted by molar-refractivity contribution is 5.92. The Kier molecular flexibility index (Phi) is 3.04. The third-order valence-electron chi connectivity index (χ3n) is 4.32. The van der Waals surface area contributed by atoms with Crippen molar-refractivity contribution >= 4 is 11.7 Å². The van der Waals surface area contributed by atoms with Gasteiger partial charge in [-0.25, -0.2) is 18.0 Å². The molecule has 0 unspecified atom stereocenters. The first-order valence-corrected chi connectivity index (χ1v) is 6.13. The zero-order valence-electron chi connectivity index (χ0n) is 12.0. The van der Waals surface area contributed by atoms with Crippen LogP contribution in [-0.4, -0.2) is 24.2 Å². The molecule has 0 bridgehead atoms. The molecule has 20 heavy (non-hydrogen) atoms. The third kappa shape index (κ3) is 1.70. The zero-order chi connectivity index (χ0) is 15.5. The largest absolute Gasteiger partial charge is 0.465 e. The van der Waals surface area contributed by atoms with Gasteiger partial charge >= 0.3 is 5.97 Å². The number of carbonyl (C=O) groups excluding carboxylic acids is 1. The Morgan fingerprint density at radius 2 is 1.60 bits per heavy atom. The molecule has 0 saturated carbocycles. The van der Waals surface area contributed by atoms with Gasteiger partial charge in [0.25, 0.3) is 0 Å². The molecule has 0 aromatic heterocycles. The summed E-state index contributed by atoms with van der Waals surface area (Å²) in [7, 11) is 1.01. The van der Waals surface area contributed by atoms with Crippen molar-refractivity contribution in [3.05, 3.63) is 29.1 Å². The normalized spacial score (nSPS) is 18.9. The minimum absolute atomic E-state index is 0.401. The SMILES string of the molecule is COC(=O)c1c(F)cc(F)c(N2C(C)(C)C2(C)C)c1F. The van der Waals surface area contributed by atoms with Crippen LogP contribution in [0.4, 0.5) is 18.9 Å². The van der Waals surface area contributed by atoms with Crippen LogP contribution in [0.15, 0.2) is 6.07 Å². The van der Waals surface area contributed by atoms with Crippen molar-refractivity contribution < 1.29 is 22.7 Å². The summed E-state index contributed by atoms with van der Waals surface area (Å²) in [5, 5.41) is 0. The van der Waals surface area contributed by atoms with E-state index in [1.54, 1.807) is 0 Å². The Morgan fingerprint density at radius 3 is 2.00 bits per heavy atom. The minimum Gasteiger partial charge on any atom is -0.465 e. The van der Waals surface area contributed by atoms with Gasteiger partial charge in [-0.15, -0.1) is 0 Å². The van der Waals surface area contributed by atoms with Crippen molar-refractivity contribution in [1.29, 1.82) is 0 Å². The van der Waals surface area contributed by atoms with Gasteiger partial charge in [0, 0.05) is 6.07 Å². The van der Waals surface area contributed by atoms with E-state index in [-0.39, 0.29) is 0 Å². The molecular formula is C14H16F3NO2. The first kappa shape index (κ1) is 14.7. The molecule has 110 valence electrons. The van der Waals surface area contributed by atoms with E-state index in [0.29, 0.717) is 6.07 Å². The highest BCUT2D eigenvalue weighted by atomic mass is 19.1. The van der Waals surface area contributed by atoms with E-state index in [1.807, 2.05) is 27.7 Å². The van der Waals surface area contributed by atoms with Crippen LogP contribution < -0.4 is 4.90 Å². The van der Waals surface area contributed by atoms with Gasteiger partial charge < -0.3 is 9.64 Å². The molecule has 6 heteroatoms. The third-order valence-corrected chi connectivity index (χ3v) is 4.32. The standard InChI is InChI=1S/C14H16F3NO2/c1-13(2)14(3,4)18(13)11-8(16)6-7(15)9(10(11)17)12(19)20-5/h6H,1-5H3. The van der Waals surface area contributed by atoms with E-state index < -0.39 is 45.7 Å². The Bertz CT molecular complexity index is 583. The maximum absolute atomic E-state index is 14.4. The average Bonchev–Trinajstić information content (AvgIpc) is 2.71. The van der Waals surface area contributed by atoms with Gasteiger partial charge in [-0.3, -0.25) is 0 Å². The quantitative estimate of drug-likeness (QED) is 0.617. The number of hydrogen-bond acceptors (Lipinski definition) is 3. The fourth-order valence-corrected chi connectivity index (χ4v) is 2.55. The van der Waals surface area contributed by atoms with Crippen LogP contribution in [0.1, 0.15) is 38.1 Å². The van der Waals surface area contributed by atoms with Crippen LogP contribution in [0.25, 0.3) is 0 Å². The van der Waals surface area contributed by atoms with E-state index in [0.717, 1.165) is 7.11 Å². The molecule has 0 atom stereocenters. The predicted octanol–water partition coefficient (Wildman–Crippen LogP) is 3.27. The number of ether oxygens (including phenoxy) is 1. The number of carbonyl (C=O) groups is 1. The summed E-state index contributed by atoms with van der Waals surface area (Å²) in [6.07, 6.45) is 0. The number of hydrogen-bond donors (Lipinski definition) is 0. The molecule has 0 radical (unpaired) electrons. The molecule has 2 rings (SSSR count). The summed E-state index contributed by atoms with van der Waals surface area (Å²) in [6.45, 7) is 7.25. The summed E-state index contributed by atoms with van der Waals surface area (Å²) in [4.78, 5) is 12.9. The van der Waals surface area contributed by atoms with E-state index in [2.05, 4.69) is 4.74 Å². The maximum atomic E-state index is 14.4. The fraction of sp³-hybridized carbons (Fsp3) is 0.500. The number of rotatable bonds is 2. The lowest BCUT2D eigenvalue weighted by Crippen LogP contribution is -2.16. The monoisotopic (exact) mass is 287 g/mol. The average molecular weight is 287 g/mol. The molecule has 0 spiro atoms. The number of esters is 1. The number of nitrogens with zero attached hydrogens (tertiary/aromatic N) is 1. The summed E-state index contributed by atoms with van der Waals surface area (Å²) in [5.74, 6) is -4.70. The van der Waals surface area contributed by atoms with Crippen molar-refractivity contribution in [3.8, 4) is 0 Å². The van der Waals surface area contributed by atoms with E-state index in [9.17, 15) is 18.0 Å². The lowest BCUT2D eigenvalue weighted by atomic mass is 10.0. The summed E-state index contributed by atoms with van der Waals surface area (Å²) < 4.78 is 46.3. The van der Waals surface area contributed by atoms with Gasteiger partial charge in [-0.2, -0.15) is 0 Å². The van der Waals surface area contributed by atoms with Gasteiger partial charge in [0.1, 0.15) is 17.1 Å². The van der Waals surface area contributed by atoms with Crippen LogP contribution in [0.2, 0.25) is 0 Å². The summed E-state index contributed by atoms with van der Waals surface area (Å²) in [5.41, 5.74) is -2.27. The molecule has 0 aliphatic carbocycles. The zero-order valence-corrected chi connectivity index (χ0v) is 12.0. The first-order valence-electron chi connectivity index (χ1n) is 6.13. The number of halogens is 3. The highest BCUT2D eigenvalue weighted by Gasteiger charge is 2.64. The molecule has 1 heterocycles. The van der Waals surface area contributed by atoms with Gasteiger partial charge in [0.05, 0.1) is 18.2 Å². The molecule has 1 aromatic rings. The first-order chi connectivity index (χ1) is 9.07. The van der Waals surface area contributed by atoms with Gasteiger partial charge in [-0.1, -0.05) is 0 Å². The van der Waals surface area contributed by atoms with Crippen LogP contribution in [0, 0.1) is 17.5 Å². The van der Waals surface area contributed by atoms with Crippen molar-refractivity contribution in [2.24, 2.45) is 0 Å². The van der Waals surface area contributed by atoms with Gasteiger partial charge in [0.2, 0.25) is 0 Å². The van der Waals surface area contributed by atoms with Crippen LogP contribution in [-0.2, 0) is 4.74 Å². The highest BCUT2D eigenvalue weighted by Crippen LogP contribution is 2.55. The van der Waals surface area contributed by atoms with Gasteiger partial charge in [-0.05, 0) is 27.7 Å². The van der Waals surface area contributed by atoms with Crippen LogP contribution >= 0.6 is 0 Å². The Balaban J connectivity index is 2.65. The van der Waals surface area contributed by atoms with E-state index in [4.69, 9.17) is 0 Å². The molecule has 3 nitrogen and oxygen atoms in total. The van der Waals surface area contributed by atoms with Crippen molar-refractivity contribution in [1.82, 2.24) is 0 Å². The smallest absolute Gasteiger partial charge is 0.343 e. The molecule has 1 fully saturated rings. The van der Waals surface area contributed by atoms with E-state index >= 15 is 0 Å². The molecule has 0 N–H and O–H groups in total. The molecular weight excluding hydrogens is 271 g/mol. The summed E-state index contributed by atoms with van der Waals surface area (Å²) >= 11 is 0. The second kappa shape index (κ2) is 4.14. The maximum Gasteiger partial charge on any atom is 0.343 e. The molecule has 1 aliphatic rings. The Labute approximate surface area is 115 Å². The lowest BCUT2D eigenvalue weighted by Gasteiger charge is -2.14.